The first-order valence-electron chi connectivity index (χ1n) is 5.91. The second-order valence-corrected chi connectivity index (χ2v) is 4.75. The second kappa shape index (κ2) is 4.78. The van der Waals surface area contributed by atoms with E-state index in [1.807, 2.05) is 19.1 Å². The van der Waals surface area contributed by atoms with Gasteiger partial charge in [0, 0.05) is 30.6 Å². The zero-order valence-corrected chi connectivity index (χ0v) is 11.3. The molecule has 2 aliphatic rings. The molecular formula is C13H17ClN2O2. The molecule has 0 aliphatic carbocycles. The van der Waals surface area contributed by atoms with Crippen LogP contribution in [0.5, 0.6) is 5.75 Å². The number of fused-ring (bicyclic) bond motifs is 3. The predicted molar refractivity (Wildman–Crippen MR) is 71.8 cm³/mol. The zero-order chi connectivity index (χ0) is 12.0. The van der Waals surface area contributed by atoms with Gasteiger partial charge in [-0.1, -0.05) is 0 Å². The summed E-state index contributed by atoms with van der Waals surface area (Å²) in [6.45, 7) is 3.74. The smallest absolute Gasteiger partial charge is 0.252 e. The molecule has 2 atom stereocenters. The van der Waals surface area contributed by atoms with E-state index in [-0.39, 0.29) is 24.4 Å². The molecule has 1 fully saturated rings. The Morgan fingerprint density at radius 2 is 2.11 bits per heavy atom. The number of methoxy groups -OCH3 is 1. The van der Waals surface area contributed by atoms with E-state index in [2.05, 4.69) is 10.6 Å². The number of hydrogen-bond donors (Lipinski definition) is 2. The summed E-state index contributed by atoms with van der Waals surface area (Å²) < 4.78 is 5.29. The molecule has 0 spiro atoms. The lowest BCUT2D eigenvalue weighted by atomic mass is 9.84. The van der Waals surface area contributed by atoms with Gasteiger partial charge in [-0.15, -0.1) is 12.4 Å². The summed E-state index contributed by atoms with van der Waals surface area (Å²) in [5.41, 5.74) is 2.94. The molecule has 0 radical (unpaired) electrons. The molecule has 0 bridgehead atoms. The summed E-state index contributed by atoms with van der Waals surface area (Å²) in [4.78, 5) is 12.1. The van der Waals surface area contributed by atoms with Crippen LogP contribution >= 0.6 is 12.4 Å². The van der Waals surface area contributed by atoms with Gasteiger partial charge in [0.1, 0.15) is 5.75 Å². The number of halogens is 1. The van der Waals surface area contributed by atoms with E-state index in [1.165, 1.54) is 0 Å². The van der Waals surface area contributed by atoms with Crippen LogP contribution in [0, 0.1) is 6.92 Å². The van der Waals surface area contributed by atoms with Gasteiger partial charge in [0.05, 0.1) is 7.11 Å². The quantitative estimate of drug-likeness (QED) is 0.805. The van der Waals surface area contributed by atoms with Crippen molar-refractivity contribution in [3.05, 3.63) is 28.8 Å². The van der Waals surface area contributed by atoms with Crippen molar-refractivity contribution in [1.29, 1.82) is 0 Å². The normalized spacial score (nSPS) is 24.7. The number of benzene rings is 1. The van der Waals surface area contributed by atoms with Gasteiger partial charge in [-0.2, -0.15) is 0 Å². The van der Waals surface area contributed by atoms with Crippen LogP contribution in [0.4, 0.5) is 0 Å². The van der Waals surface area contributed by atoms with E-state index in [0.717, 1.165) is 35.5 Å². The highest BCUT2D eigenvalue weighted by molar-refractivity contribution is 5.99. The number of aryl methyl sites for hydroxylation is 1. The summed E-state index contributed by atoms with van der Waals surface area (Å²) >= 11 is 0. The maximum Gasteiger partial charge on any atom is 0.252 e. The lowest BCUT2D eigenvalue weighted by Crippen LogP contribution is -2.44. The summed E-state index contributed by atoms with van der Waals surface area (Å²) in [7, 11) is 1.66. The van der Waals surface area contributed by atoms with E-state index in [0.29, 0.717) is 5.92 Å². The van der Waals surface area contributed by atoms with Crippen LogP contribution in [-0.2, 0) is 0 Å². The van der Waals surface area contributed by atoms with Gasteiger partial charge in [0.2, 0.25) is 0 Å². The Labute approximate surface area is 113 Å². The lowest BCUT2D eigenvalue weighted by Gasteiger charge is -2.29. The Morgan fingerprint density at radius 3 is 2.83 bits per heavy atom. The number of ether oxygens (including phenoxy) is 1. The minimum absolute atomic E-state index is 0. The van der Waals surface area contributed by atoms with E-state index in [4.69, 9.17) is 4.74 Å². The monoisotopic (exact) mass is 268 g/mol. The fourth-order valence-corrected chi connectivity index (χ4v) is 2.90. The molecule has 18 heavy (non-hydrogen) atoms. The van der Waals surface area contributed by atoms with Gasteiger partial charge in [-0.25, -0.2) is 0 Å². The first kappa shape index (κ1) is 13.2. The van der Waals surface area contributed by atoms with Crippen LogP contribution in [0.1, 0.15) is 27.4 Å². The molecule has 5 heteroatoms. The highest BCUT2D eigenvalue weighted by atomic mass is 35.5. The molecule has 2 heterocycles. The maximum atomic E-state index is 12.1. The van der Waals surface area contributed by atoms with Crippen molar-refractivity contribution in [1.82, 2.24) is 10.6 Å². The van der Waals surface area contributed by atoms with Gasteiger partial charge >= 0.3 is 0 Å². The van der Waals surface area contributed by atoms with Crippen LogP contribution in [0.3, 0.4) is 0 Å². The average molecular weight is 269 g/mol. The van der Waals surface area contributed by atoms with Gasteiger partial charge in [0.15, 0.2) is 0 Å². The lowest BCUT2D eigenvalue weighted by molar-refractivity contribution is 0.0923. The number of rotatable bonds is 1. The zero-order valence-electron chi connectivity index (χ0n) is 10.4. The van der Waals surface area contributed by atoms with Gasteiger partial charge in [-0.05, 0) is 30.2 Å². The molecule has 2 N–H and O–H groups in total. The third-order valence-corrected chi connectivity index (χ3v) is 3.73. The highest BCUT2D eigenvalue weighted by Gasteiger charge is 2.37. The number of nitrogens with one attached hydrogen (secondary N) is 2. The van der Waals surface area contributed by atoms with Crippen molar-refractivity contribution in [2.75, 3.05) is 20.2 Å². The summed E-state index contributed by atoms with van der Waals surface area (Å²) in [5.74, 6) is 1.25. The maximum absolute atomic E-state index is 12.1. The van der Waals surface area contributed by atoms with Crippen molar-refractivity contribution in [3.63, 3.8) is 0 Å². The number of carbonyl (C=O) groups excluding carboxylic acids is 1. The molecule has 98 valence electrons. The molecule has 1 amide bonds. The van der Waals surface area contributed by atoms with Crippen LogP contribution in [0.25, 0.3) is 0 Å². The van der Waals surface area contributed by atoms with Gasteiger partial charge < -0.3 is 15.4 Å². The number of amides is 1. The molecule has 0 aromatic heterocycles. The standard InChI is InChI=1S/C13H16N2O2.ClH/c1-7-3-8(17-2)4-9-10-5-14-6-11(10)15-13(16)12(7)9;/h3-4,10-11,14H,5-6H2,1-2H3,(H,15,16);1H. The van der Waals surface area contributed by atoms with E-state index >= 15 is 0 Å². The van der Waals surface area contributed by atoms with Crippen molar-refractivity contribution in [2.24, 2.45) is 0 Å². The Balaban J connectivity index is 0.00000120. The fraction of sp³-hybridized carbons (Fsp3) is 0.462. The average Bonchev–Trinajstić information content (AvgIpc) is 2.76. The van der Waals surface area contributed by atoms with Crippen LogP contribution in [0.2, 0.25) is 0 Å². The Bertz CT molecular complexity index is 490. The minimum atomic E-state index is 0. The Morgan fingerprint density at radius 1 is 1.33 bits per heavy atom. The minimum Gasteiger partial charge on any atom is -0.497 e. The van der Waals surface area contributed by atoms with Crippen LogP contribution < -0.4 is 15.4 Å². The van der Waals surface area contributed by atoms with E-state index in [1.54, 1.807) is 7.11 Å². The van der Waals surface area contributed by atoms with Crippen molar-refractivity contribution < 1.29 is 9.53 Å². The summed E-state index contributed by atoms with van der Waals surface area (Å²) in [6, 6.07) is 4.15. The van der Waals surface area contributed by atoms with Gasteiger partial charge in [-0.3, -0.25) is 4.79 Å². The molecule has 0 saturated carbocycles. The van der Waals surface area contributed by atoms with E-state index in [9.17, 15) is 4.79 Å². The largest absolute Gasteiger partial charge is 0.497 e. The fourth-order valence-electron chi connectivity index (χ4n) is 2.90. The Hall–Kier alpha value is -1.26. The first-order chi connectivity index (χ1) is 8.20. The number of carbonyl (C=O) groups is 1. The molecule has 1 saturated heterocycles. The Kier molecular flexibility index (Phi) is 3.50. The molecule has 2 aliphatic heterocycles. The molecule has 3 rings (SSSR count). The first-order valence-corrected chi connectivity index (χ1v) is 5.91. The predicted octanol–water partition coefficient (Wildman–Crippen LogP) is 1.22. The summed E-state index contributed by atoms with van der Waals surface area (Å²) in [6.07, 6.45) is 0. The molecule has 1 aromatic carbocycles. The molecular weight excluding hydrogens is 252 g/mol. The third kappa shape index (κ3) is 1.85. The topological polar surface area (TPSA) is 50.4 Å². The van der Waals surface area contributed by atoms with E-state index < -0.39 is 0 Å². The number of hydrogen-bond acceptors (Lipinski definition) is 3. The molecule has 4 nitrogen and oxygen atoms in total. The van der Waals surface area contributed by atoms with Crippen LogP contribution in [0.15, 0.2) is 12.1 Å². The second-order valence-electron chi connectivity index (χ2n) is 4.75. The third-order valence-electron chi connectivity index (χ3n) is 3.73. The SMILES string of the molecule is COc1cc(C)c2c(c1)C1CNCC1NC2=O.Cl. The van der Waals surface area contributed by atoms with Crippen molar-refractivity contribution in [2.45, 2.75) is 18.9 Å². The van der Waals surface area contributed by atoms with Crippen molar-refractivity contribution in [3.8, 4) is 5.75 Å². The molecule has 2 unspecified atom stereocenters. The van der Waals surface area contributed by atoms with Gasteiger partial charge in [0.25, 0.3) is 5.91 Å². The van der Waals surface area contributed by atoms with Crippen molar-refractivity contribution >= 4 is 18.3 Å². The highest BCUT2D eigenvalue weighted by Crippen LogP contribution is 2.34. The molecule has 1 aromatic rings. The van der Waals surface area contributed by atoms with Crippen LogP contribution in [-0.4, -0.2) is 32.1 Å². The summed E-state index contributed by atoms with van der Waals surface area (Å²) in [5, 5.41) is 6.40.